The molecule has 0 saturated carbocycles. The van der Waals surface area contributed by atoms with Crippen molar-refractivity contribution < 1.29 is 4.79 Å². The van der Waals surface area contributed by atoms with E-state index in [1.165, 1.54) is 17.3 Å². The molecule has 0 spiro atoms. The second kappa shape index (κ2) is 7.86. The highest BCUT2D eigenvalue weighted by Crippen LogP contribution is 2.20. The van der Waals surface area contributed by atoms with Crippen LogP contribution in [0.1, 0.15) is 21.6 Å². The summed E-state index contributed by atoms with van der Waals surface area (Å²) in [5, 5.41) is 1.12. The molecule has 4 rings (SSSR count). The van der Waals surface area contributed by atoms with Gasteiger partial charge in [0, 0.05) is 6.20 Å². The van der Waals surface area contributed by atoms with E-state index < -0.39 is 0 Å². The summed E-state index contributed by atoms with van der Waals surface area (Å²) in [6.45, 7) is 2.44. The van der Waals surface area contributed by atoms with Crippen molar-refractivity contribution in [2.45, 2.75) is 18.6 Å². The van der Waals surface area contributed by atoms with E-state index in [0.717, 1.165) is 5.56 Å². The number of carbonyl (C=O) groups excluding carboxylic acids is 1. The summed E-state index contributed by atoms with van der Waals surface area (Å²) < 4.78 is 1.65. The van der Waals surface area contributed by atoms with Crippen LogP contribution in [0.25, 0.3) is 10.9 Å². The van der Waals surface area contributed by atoms with Gasteiger partial charge in [0.2, 0.25) is 0 Å². The first-order chi connectivity index (χ1) is 13.6. The van der Waals surface area contributed by atoms with Crippen molar-refractivity contribution in [3.63, 3.8) is 0 Å². The molecule has 0 aliphatic carbocycles. The first kappa shape index (κ1) is 18.3. The van der Waals surface area contributed by atoms with E-state index in [4.69, 9.17) is 0 Å². The first-order valence-corrected chi connectivity index (χ1v) is 9.95. The molecule has 0 radical (unpaired) electrons. The van der Waals surface area contributed by atoms with Crippen molar-refractivity contribution in [1.29, 1.82) is 0 Å². The number of thioether (sulfide) groups is 1. The van der Waals surface area contributed by atoms with E-state index in [9.17, 15) is 9.59 Å². The van der Waals surface area contributed by atoms with Gasteiger partial charge >= 0.3 is 0 Å². The molecule has 2 aromatic carbocycles. The zero-order valence-electron chi connectivity index (χ0n) is 15.4. The van der Waals surface area contributed by atoms with Crippen molar-refractivity contribution in [1.82, 2.24) is 14.5 Å². The summed E-state index contributed by atoms with van der Waals surface area (Å²) in [4.78, 5) is 33.1. The maximum Gasteiger partial charge on any atom is 0.262 e. The van der Waals surface area contributed by atoms with E-state index >= 15 is 0 Å². The lowest BCUT2D eigenvalue weighted by Crippen LogP contribution is -2.24. The third kappa shape index (κ3) is 3.77. The maximum absolute atomic E-state index is 13.1. The van der Waals surface area contributed by atoms with Crippen molar-refractivity contribution in [2.75, 3.05) is 5.75 Å². The molecule has 0 amide bonds. The average molecular weight is 389 g/mol. The van der Waals surface area contributed by atoms with Crippen LogP contribution in [-0.4, -0.2) is 26.1 Å². The number of nitrogens with one attached hydrogen (secondary N) is 1. The lowest BCUT2D eigenvalue weighted by Gasteiger charge is -2.13. The molecule has 0 saturated heterocycles. The second-order valence-electron chi connectivity index (χ2n) is 6.58. The van der Waals surface area contributed by atoms with Crippen molar-refractivity contribution >= 4 is 28.4 Å². The number of para-hydroxylation sites is 1. The molecule has 0 bridgehead atoms. The fourth-order valence-electron chi connectivity index (χ4n) is 2.98. The Hall–Kier alpha value is -3.12. The zero-order valence-corrected chi connectivity index (χ0v) is 16.2. The van der Waals surface area contributed by atoms with E-state index in [1.54, 1.807) is 29.0 Å². The van der Waals surface area contributed by atoms with E-state index in [0.29, 0.717) is 28.3 Å². The normalized spacial score (nSPS) is 11.0. The number of nitrogens with zero attached hydrogens (tertiary/aromatic N) is 2. The molecule has 140 valence electrons. The number of hydrogen-bond acceptors (Lipinski definition) is 4. The predicted molar refractivity (Wildman–Crippen MR) is 112 cm³/mol. The third-order valence-corrected chi connectivity index (χ3v) is 5.50. The topological polar surface area (TPSA) is 67.8 Å². The number of aryl methyl sites for hydroxylation is 1. The minimum atomic E-state index is -0.0963. The molecule has 6 heteroatoms. The number of rotatable bonds is 6. The molecule has 2 heterocycles. The van der Waals surface area contributed by atoms with Crippen LogP contribution >= 0.6 is 11.8 Å². The summed E-state index contributed by atoms with van der Waals surface area (Å²) in [5.41, 5.74) is 3.28. The van der Waals surface area contributed by atoms with E-state index in [-0.39, 0.29) is 17.1 Å². The summed E-state index contributed by atoms with van der Waals surface area (Å²) >= 11 is 1.29. The Kier molecular flexibility index (Phi) is 5.12. The molecule has 0 aliphatic rings. The van der Waals surface area contributed by atoms with Gasteiger partial charge in [-0.1, -0.05) is 53.7 Å². The Morgan fingerprint density at radius 3 is 2.61 bits per heavy atom. The van der Waals surface area contributed by atoms with E-state index in [1.807, 2.05) is 49.4 Å². The smallest absolute Gasteiger partial charge is 0.262 e. The van der Waals surface area contributed by atoms with Crippen molar-refractivity contribution in [2.24, 2.45) is 0 Å². The number of ketones is 1. The van der Waals surface area contributed by atoms with Crippen LogP contribution in [0.15, 0.2) is 76.8 Å². The number of carbonyl (C=O) groups is 1. The van der Waals surface area contributed by atoms with Gasteiger partial charge in [0.1, 0.15) is 0 Å². The Morgan fingerprint density at radius 2 is 1.86 bits per heavy atom. The molecule has 2 aromatic heterocycles. The number of aromatic amines is 1. The van der Waals surface area contributed by atoms with Crippen LogP contribution in [0.3, 0.4) is 0 Å². The molecular formula is C22H19N3O2S. The number of benzene rings is 2. The highest BCUT2D eigenvalue weighted by molar-refractivity contribution is 7.99. The van der Waals surface area contributed by atoms with Gasteiger partial charge in [-0.15, -0.1) is 0 Å². The number of Topliss-reactive ketones (excluding diaryl/α,β-unsaturated/α-hetero) is 1. The quantitative estimate of drug-likeness (QED) is 0.307. The summed E-state index contributed by atoms with van der Waals surface area (Å²) in [7, 11) is 0. The Labute approximate surface area is 166 Å². The van der Waals surface area contributed by atoms with Gasteiger partial charge in [-0.05, 0) is 36.8 Å². The lowest BCUT2D eigenvalue weighted by atomic mass is 10.1. The van der Waals surface area contributed by atoms with Gasteiger partial charge < -0.3 is 4.98 Å². The standard InChI is InChI=1S/C22H19N3O2S/c1-15-8-10-16(11-9-15)13-25-21(27)17-5-2-3-6-18(17)24-22(25)28-14-20(26)19-7-4-12-23-19/h2-12,23H,13-14H2,1H3. The molecule has 1 N–H and O–H groups in total. The lowest BCUT2D eigenvalue weighted by molar-refractivity contribution is 0.101. The molecule has 28 heavy (non-hydrogen) atoms. The maximum atomic E-state index is 13.1. The summed E-state index contributed by atoms with van der Waals surface area (Å²) in [6, 6.07) is 18.9. The van der Waals surface area contributed by atoms with Crippen LogP contribution in [0.5, 0.6) is 0 Å². The van der Waals surface area contributed by atoms with Crippen molar-refractivity contribution in [3.05, 3.63) is 94.0 Å². The minimum absolute atomic E-state index is 0.0284. The minimum Gasteiger partial charge on any atom is -0.359 e. The number of fused-ring (bicyclic) bond motifs is 1. The molecule has 0 unspecified atom stereocenters. The molecule has 5 nitrogen and oxygen atoms in total. The first-order valence-electron chi connectivity index (χ1n) is 8.96. The monoisotopic (exact) mass is 389 g/mol. The molecule has 0 atom stereocenters. The molecule has 4 aromatic rings. The van der Waals surface area contributed by atoms with E-state index in [2.05, 4.69) is 9.97 Å². The second-order valence-corrected chi connectivity index (χ2v) is 7.53. The largest absolute Gasteiger partial charge is 0.359 e. The van der Waals surface area contributed by atoms with Crippen LogP contribution in [0, 0.1) is 6.92 Å². The highest BCUT2D eigenvalue weighted by atomic mass is 32.2. The molecule has 0 aliphatic heterocycles. The van der Waals surface area contributed by atoms with Crippen LogP contribution in [-0.2, 0) is 6.54 Å². The molecular weight excluding hydrogens is 370 g/mol. The van der Waals surface area contributed by atoms with Gasteiger partial charge in [-0.2, -0.15) is 0 Å². The Balaban J connectivity index is 1.71. The summed E-state index contributed by atoms with van der Waals surface area (Å²) in [6.07, 6.45) is 1.72. The zero-order chi connectivity index (χ0) is 19.5. The van der Waals surface area contributed by atoms with Crippen LogP contribution in [0.4, 0.5) is 0 Å². The predicted octanol–water partition coefficient (Wildman–Crippen LogP) is 4.06. The fourth-order valence-corrected chi connectivity index (χ4v) is 3.87. The third-order valence-electron chi connectivity index (χ3n) is 4.52. The summed E-state index contributed by atoms with van der Waals surface area (Å²) in [5.74, 6) is 0.179. The fraction of sp³-hybridized carbons (Fsp3) is 0.136. The van der Waals surface area contributed by atoms with Gasteiger partial charge in [0.25, 0.3) is 5.56 Å². The number of H-pyrrole nitrogens is 1. The Bertz CT molecular complexity index is 1180. The van der Waals surface area contributed by atoms with Gasteiger partial charge in [-0.3, -0.25) is 14.2 Å². The van der Waals surface area contributed by atoms with Gasteiger partial charge in [-0.25, -0.2) is 4.98 Å². The highest BCUT2D eigenvalue weighted by Gasteiger charge is 2.14. The van der Waals surface area contributed by atoms with Gasteiger partial charge in [0.15, 0.2) is 10.9 Å². The number of aromatic nitrogens is 3. The van der Waals surface area contributed by atoms with Crippen LogP contribution < -0.4 is 5.56 Å². The van der Waals surface area contributed by atoms with Crippen LogP contribution in [0.2, 0.25) is 0 Å². The van der Waals surface area contributed by atoms with Gasteiger partial charge in [0.05, 0.1) is 28.9 Å². The van der Waals surface area contributed by atoms with Crippen molar-refractivity contribution in [3.8, 4) is 0 Å². The number of hydrogen-bond donors (Lipinski definition) is 1. The SMILES string of the molecule is Cc1ccc(Cn2c(SCC(=O)c3ccc[nH]3)nc3ccccc3c2=O)cc1. The molecule has 0 fully saturated rings. The average Bonchev–Trinajstić information content (AvgIpc) is 3.25. The Morgan fingerprint density at radius 1 is 1.07 bits per heavy atom.